The second-order valence-corrected chi connectivity index (χ2v) is 10.1. The molecule has 1 N–H and O–H groups in total. The predicted molar refractivity (Wildman–Crippen MR) is 163 cm³/mol. The third-order valence-corrected chi connectivity index (χ3v) is 7.04. The van der Waals surface area contributed by atoms with E-state index in [1.807, 2.05) is 62.2 Å². The number of nitrogens with zero attached hydrogens (tertiary/aromatic N) is 9. The average Bonchev–Trinajstić information content (AvgIpc) is 3.24. The van der Waals surface area contributed by atoms with Gasteiger partial charge in [0, 0.05) is 44.5 Å². The van der Waals surface area contributed by atoms with Crippen molar-refractivity contribution in [1.82, 2.24) is 39.8 Å². The molecule has 42 heavy (non-hydrogen) atoms. The van der Waals surface area contributed by atoms with E-state index in [0.717, 1.165) is 47.4 Å². The Morgan fingerprint density at radius 1 is 1.07 bits per heavy atom. The van der Waals surface area contributed by atoms with Crippen LogP contribution in [0.1, 0.15) is 25.8 Å². The molecule has 1 amide bonds. The van der Waals surface area contributed by atoms with E-state index in [4.69, 9.17) is 9.72 Å². The summed E-state index contributed by atoms with van der Waals surface area (Å²) in [5.74, 6) is 2.61. The number of anilines is 3. The molecule has 216 valence electrons. The molecule has 2 aromatic carbocycles. The molecule has 0 spiro atoms. The number of hydrogen-bond donors (Lipinski definition) is 1. The zero-order valence-electron chi connectivity index (χ0n) is 24.2. The van der Waals surface area contributed by atoms with E-state index >= 15 is 0 Å². The zero-order chi connectivity index (χ0) is 29.6. The second-order valence-electron chi connectivity index (χ2n) is 10.1. The minimum Gasteiger partial charge on any atom is -0.457 e. The normalized spacial score (nSPS) is 15.1. The SMILES string of the molecule is C=CC.Cc1cc(Nc2ncnc3cnc(N4CCC(C)N(C=O)CC4)nc23)ccc1Oc1ccc2c(c1)nnn2C. The highest BCUT2D eigenvalue weighted by Crippen LogP contribution is 2.31. The van der Waals surface area contributed by atoms with Crippen LogP contribution in [0.15, 0.2) is 61.6 Å². The first-order valence-electron chi connectivity index (χ1n) is 13.8. The van der Waals surface area contributed by atoms with Crippen LogP contribution in [0.4, 0.5) is 17.5 Å². The van der Waals surface area contributed by atoms with Crippen molar-refractivity contribution in [2.45, 2.75) is 33.2 Å². The molecule has 12 heteroatoms. The zero-order valence-corrected chi connectivity index (χ0v) is 24.2. The molecule has 1 fully saturated rings. The first kappa shape index (κ1) is 28.4. The van der Waals surface area contributed by atoms with E-state index in [1.165, 1.54) is 6.33 Å². The number of aryl methyl sites for hydroxylation is 2. The molecule has 3 aromatic heterocycles. The summed E-state index contributed by atoms with van der Waals surface area (Å²) in [6.45, 7) is 11.3. The van der Waals surface area contributed by atoms with Crippen LogP contribution in [0.5, 0.6) is 11.5 Å². The number of rotatable bonds is 6. The van der Waals surface area contributed by atoms with E-state index in [2.05, 4.69) is 49.0 Å². The Labute approximate surface area is 244 Å². The van der Waals surface area contributed by atoms with Crippen molar-refractivity contribution in [3.05, 3.63) is 67.1 Å². The molecule has 1 atom stereocenters. The van der Waals surface area contributed by atoms with Gasteiger partial charge in [0.1, 0.15) is 34.4 Å². The highest BCUT2D eigenvalue weighted by atomic mass is 16.5. The van der Waals surface area contributed by atoms with Crippen molar-refractivity contribution >= 4 is 45.9 Å². The first-order valence-corrected chi connectivity index (χ1v) is 13.8. The van der Waals surface area contributed by atoms with Crippen LogP contribution >= 0.6 is 0 Å². The van der Waals surface area contributed by atoms with E-state index in [9.17, 15) is 4.79 Å². The lowest BCUT2D eigenvalue weighted by Crippen LogP contribution is -2.33. The fourth-order valence-corrected chi connectivity index (χ4v) is 4.71. The fourth-order valence-electron chi connectivity index (χ4n) is 4.71. The Bertz CT molecular complexity index is 1720. The minimum atomic E-state index is 0.179. The van der Waals surface area contributed by atoms with Gasteiger partial charge >= 0.3 is 0 Å². The van der Waals surface area contributed by atoms with Gasteiger partial charge in [0.15, 0.2) is 5.82 Å². The summed E-state index contributed by atoms with van der Waals surface area (Å²) in [6, 6.07) is 11.7. The van der Waals surface area contributed by atoms with Gasteiger partial charge in [-0.2, -0.15) is 0 Å². The van der Waals surface area contributed by atoms with Gasteiger partial charge in [-0.1, -0.05) is 11.3 Å². The van der Waals surface area contributed by atoms with Crippen molar-refractivity contribution in [2.75, 3.05) is 29.9 Å². The van der Waals surface area contributed by atoms with Gasteiger partial charge in [-0.05, 0) is 63.1 Å². The van der Waals surface area contributed by atoms with E-state index in [1.54, 1.807) is 17.0 Å². The third kappa shape index (κ3) is 6.12. The molecule has 0 saturated carbocycles. The maximum absolute atomic E-state index is 11.4. The summed E-state index contributed by atoms with van der Waals surface area (Å²) >= 11 is 0. The fraction of sp³-hybridized carbons (Fsp3) is 0.300. The predicted octanol–water partition coefficient (Wildman–Crippen LogP) is 4.80. The maximum atomic E-state index is 11.4. The topological polar surface area (TPSA) is 127 Å². The Morgan fingerprint density at radius 2 is 1.90 bits per heavy atom. The van der Waals surface area contributed by atoms with Gasteiger partial charge < -0.3 is 19.9 Å². The smallest absolute Gasteiger partial charge is 0.226 e. The van der Waals surface area contributed by atoms with Crippen molar-refractivity contribution in [2.24, 2.45) is 7.05 Å². The van der Waals surface area contributed by atoms with E-state index < -0.39 is 0 Å². The summed E-state index contributed by atoms with van der Waals surface area (Å²) in [6.07, 6.45) is 6.72. The number of nitrogens with one attached hydrogen (secondary N) is 1. The van der Waals surface area contributed by atoms with Crippen LogP contribution in [0.3, 0.4) is 0 Å². The number of benzene rings is 2. The number of ether oxygens (including phenoxy) is 1. The summed E-state index contributed by atoms with van der Waals surface area (Å²) in [7, 11) is 1.86. The lowest BCUT2D eigenvalue weighted by molar-refractivity contribution is -0.119. The molecule has 0 aliphatic carbocycles. The van der Waals surface area contributed by atoms with Gasteiger partial charge in [-0.15, -0.1) is 11.7 Å². The average molecular weight is 567 g/mol. The third-order valence-electron chi connectivity index (χ3n) is 7.04. The first-order chi connectivity index (χ1) is 20.4. The van der Waals surface area contributed by atoms with Crippen LogP contribution in [0, 0.1) is 6.92 Å². The Morgan fingerprint density at radius 3 is 2.69 bits per heavy atom. The number of allylic oxidation sites excluding steroid dienone is 1. The quantitative estimate of drug-likeness (QED) is 0.226. The van der Waals surface area contributed by atoms with Crippen molar-refractivity contribution < 1.29 is 9.53 Å². The standard InChI is InChI=1S/C27H28N10O2.C3H6/c1-17-12-19(4-7-24(17)39-20-5-6-23-21(13-20)33-34-35(23)3)31-26-25-22(29-15-30-26)14-28-27(32-25)36-9-8-18(2)37(16-38)11-10-36;1-3-2/h4-7,12-16,18H,8-11H2,1-3H3,(H,29,30,31);3H,1H2,2H3. The molecule has 12 nitrogen and oxygen atoms in total. The van der Waals surface area contributed by atoms with Crippen LogP contribution in [-0.2, 0) is 11.8 Å². The van der Waals surface area contributed by atoms with Crippen molar-refractivity contribution in [3.63, 3.8) is 0 Å². The van der Waals surface area contributed by atoms with Gasteiger partial charge in [-0.3, -0.25) is 4.79 Å². The Balaban J connectivity index is 0.00000113. The van der Waals surface area contributed by atoms with Gasteiger partial charge in [-0.25, -0.2) is 24.6 Å². The number of fused-ring (bicyclic) bond motifs is 2. The maximum Gasteiger partial charge on any atom is 0.226 e. The monoisotopic (exact) mass is 566 g/mol. The van der Waals surface area contributed by atoms with Crippen molar-refractivity contribution in [1.29, 1.82) is 0 Å². The largest absolute Gasteiger partial charge is 0.457 e. The molecule has 4 heterocycles. The number of carbonyl (C=O) groups excluding carboxylic acids is 1. The highest BCUT2D eigenvalue weighted by molar-refractivity contribution is 5.87. The summed E-state index contributed by atoms with van der Waals surface area (Å²) in [4.78, 5) is 33.5. The molecular weight excluding hydrogens is 532 g/mol. The van der Waals surface area contributed by atoms with Crippen LogP contribution in [-0.4, -0.2) is 71.9 Å². The Hall–Kier alpha value is -5.13. The molecule has 0 radical (unpaired) electrons. The van der Waals surface area contributed by atoms with Gasteiger partial charge in [0.25, 0.3) is 0 Å². The molecule has 5 aromatic rings. The van der Waals surface area contributed by atoms with E-state index in [0.29, 0.717) is 41.6 Å². The number of carbonyl (C=O) groups is 1. The highest BCUT2D eigenvalue weighted by Gasteiger charge is 2.22. The lowest BCUT2D eigenvalue weighted by Gasteiger charge is -2.21. The van der Waals surface area contributed by atoms with Crippen molar-refractivity contribution in [3.8, 4) is 11.5 Å². The minimum absolute atomic E-state index is 0.179. The van der Waals surface area contributed by atoms with Crippen LogP contribution in [0.25, 0.3) is 22.1 Å². The van der Waals surface area contributed by atoms with Gasteiger partial charge in [0.2, 0.25) is 12.4 Å². The number of amides is 1. The molecular formula is C30H34N10O2. The Kier molecular flexibility index (Phi) is 8.51. The summed E-state index contributed by atoms with van der Waals surface area (Å²) in [5, 5.41) is 11.6. The summed E-state index contributed by atoms with van der Waals surface area (Å²) in [5.41, 5.74) is 4.78. The number of aromatic nitrogens is 7. The second kappa shape index (κ2) is 12.6. The molecule has 0 bridgehead atoms. The molecule has 1 saturated heterocycles. The van der Waals surface area contributed by atoms with Crippen LogP contribution < -0.4 is 15.0 Å². The van der Waals surface area contributed by atoms with Gasteiger partial charge in [0.05, 0.1) is 11.7 Å². The van der Waals surface area contributed by atoms with E-state index in [-0.39, 0.29) is 6.04 Å². The lowest BCUT2D eigenvalue weighted by atomic mass is 10.2. The molecule has 1 aliphatic rings. The van der Waals surface area contributed by atoms with Crippen LogP contribution in [0.2, 0.25) is 0 Å². The molecule has 1 aliphatic heterocycles. The molecule has 1 unspecified atom stereocenters. The number of hydrogen-bond acceptors (Lipinski definition) is 10. The summed E-state index contributed by atoms with van der Waals surface area (Å²) < 4.78 is 7.86. The molecule has 6 rings (SSSR count).